The van der Waals surface area contributed by atoms with Gasteiger partial charge in [0.25, 0.3) is 0 Å². The zero-order chi connectivity index (χ0) is 15.1. The molecule has 4 heteroatoms. The molecular weight excluding hydrogens is 264 g/mol. The minimum Gasteiger partial charge on any atom is -0.450 e. The summed E-state index contributed by atoms with van der Waals surface area (Å²) in [6.45, 7) is 6.38. The van der Waals surface area contributed by atoms with Crippen molar-refractivity contribution < 1.29 is 9.53 Å². The monoisotopic (exact) mass is 290 g/mol. The van der Waals surface area contributed by atoms with E-state index in [2.05, 4.69) is 41.4 Å². The van der Waals surface area contributed by atoms with Crippen molar-refractivity contribution in [2.24, 2.45) is 5.92 Å². The maximum Gasteiger partial charge on any atom is 0.407 e. The number of carbonyl (C=O) groups is 1. The molecule has 0 bridgehead atoms. The minimum absolute atomic E-state index is 0.162. The lowest BCUT2D eigenvalue weighted by molar-refractivity contribution is 0.144. The normalized spacial score (nSPS) is 21.9. The fraction of sp³-hybridized carbons (Fsp3) is 0.588. The Balaban J connectivity index is 2.03. The third-order valence-corrected chi connectivity index (χ3v) is 3.95. The fourth-order valence-corrected chi connectivity index (χ4v) is 3.11. The molecule has 0 aromatic heterocycles. The van der Waals surface area contributed by atoms with Gasteiger partial charge in [0, 0.05) is 18.8 Å². The van der Waals surface area contributed by atoms with Gasteiger partial charge in [0.1, 0.15) is 0 Å². The molecular formula is C17H26N2O2. The van der Waals surface area contributed by atoms with Crippen LogP contribution in [-0.4, -0.2) is 31.8 Å². The second-order valence-electron chi connectivity index (χ2n) is 5.69. The van der Waals surface area contributed by atoms with Crippen molar-refractivity contribution in [1.29, 1.82) is 0 Å². The lowest BCUT2D eigenvalue weighted by atomic mass is 9.90. The van der Waals surface area contributed by atoms with E-state index in [1.165, 1.54) is 18.5 Å². The first-order chi connectivity index (χ1) is 10.2. The van der Waals surface area contributed by atoms with E-state index < -0.39 is 0 Å². The summed E-state index contributed by atoms with van der Waals surface area (Å²) in [4.78, 5) is 14.0. The molecule has 2 unspecified atom stereocenters. The molecule has 1 aliphatic rings. The number of para-hydroxylation sites is 1. The lowest BCUT2D eigenvalue weighted by Crippen LogP contribution is -2.51. The van der Waals surface area contributed by atoms with Crippen LogP contribution in [0.15, 0.2) is 30.3 Å². The second-order valence-corrected chi connectivity index (χ2v) is 5.69. The Kier molecular flexibility index (Phi) is 5.90. The molecule has 0 radical (unpaired) electrons. The number of amides is 1. The highest BCUT2D eigenvalue weighted by atomic mass is 16.5. The van der Waals surface area contributed by atoms with E-state index in [0.29, 0.717) is 12.5 Å². The van der Waals surface area contributed by atoms with Gasteiger partial charge < -0.3 is 15.0 Å². The Hall–Kier alpha value is -1.71. The Bertz CT molecular complexity index is 436. The summed E-state index contributed by atoms with van der Waals surface area (Å²) in [6, 6.07) is 10.6. The molecule has 21 heavy (non-hydrogen) atoms. The van der Waals surface area contributed by atoms with E-state index in [-0.39, 0.29) is 12.1 Å². The van der Waals surface area contributed by atoms with Crippen LogP contribution in [0.1, 0.15) is 33.1 Å². The number of rotatable bonds is 5. The molecule has 1 heterocycles. The molecule has 0 spiro atoms. The molecule has 1 saturated heterocycles. The van der Waals surface area contributed by atoms with Crippen molar-refractivity contribution in [2.75, 3.05) is 24.6 Å². The summed E-state index contributed by atoms with van der Waals surface area (Å²) in [5, 5.41) is 3.01. The summed E-state index contributed by atoms with van der Waals surface area (Å²) in [7, 11) is 0. The number of hydrogen-bond donors (Lipinski definition) is 1. The van der Waals surface area contributed by atoms with E-state index in [1.807, 2.05) is 13.0 Å². The number of piperidine rings is 1. The second kappa shape index (κ2) is 7.91. The molecule has 2 atom stereocenters. The molecule has 0 aliphatic carbocycles. The first-order valence-corrected chi connectivity index (χ1v) is 7.96. The predicted molar refractivity (Wildman–Crippen MR) is 85.6 cm³/mol. The number of hydrogen-bond acceptors (Lipinski definition) is 3. The number of anilines is 1. The first kappa shape index (κ1) is 15.7. The molecule has 1 N–H and O–H groups in total. The minimum atomic E-state index is -0.298. The summed E-state index contributed by atoms with van der Waals surface area (Å²) < 4.78 is 5.01. The Morgan fingerprint density at radius 3 is 2.71 bits per heavy atom. The van der Waals surface area contributed by atoms with Gasteiger partial charge in [-0.2, -0.15) is 0 Å². The number of carbonyl (C=O) groups excluding carboxylic acids is 1. The molecule has 0 saturated carbocycles. The van der Waals surface area contributed by atoms with Gasteiger partial charge in [0.05, 0.1) is 12.6 Å². The van der Waals surface area contributed by atoms with Crippen molar-refractivity contribution in [2.45, 2.75) is 39.2 Å². The van der Waals surface area contributed by atoms with Crippen molar-refractivity contribution in [3.63, 3.8) is 0 Å². The van der Waals surface area contributed by atoms with Crippen molar-refractivity contribution in [1.82, 2.24) is 5.32 Å². The van der Waals surface area contributed by atoms with Crippen LogP contribution in [-0.2, 0) is 4.74 Å². The van der Waals surface area contributed by atoms with Crippen molar-refractivity contribution in [3.05, 3.63) is 30.3 Å². The fourth-order valence-electron chi connectivity index (χ4n) is 3.11. The van der Waals surface area contributed by atoms with Gasteiger partial charge in [0.2, 0.25) is 0 Å². The molecule has 1 amide bonds. The smallest absolute Gasteiger partial charge is 0.407 e. The number of alkyl carbamates (subject to hydrolysis) is 1. The Morgan fingerprint density at radius 1 is 1.29 bits per heavy atom. The first-order valence-electron chi connectivity index (χ1n) is 7.96. The van der Waals surface area contributed by atoms with E-state index in [9.17, 15) is 4.79 Å². The third kappa shape index (κ3) is 4.66. The van der Waals surface area contributed by atoms with Crippen LogP contribution >= 0.6 is 0 Å². The molecule has 1 aliphatic heterocycles. The van der Waals surface area contributed by atoms with Gasteiger partial charge in [-0.15, -0.1) is 0 Å². The van der Waals surface area contributed by atoms with Gasteiger partial charge in [0.15, 0.2) is 0 Å². The standard InChI is InChI=1S/C17H26N2O2/c1-3-8-14-11-15(18-17(20)21-4-2)13-19(12-14)16-9-6-5-7-10-16/h5-7,9-10,14-15H,3-4,8,11-13H2,1-2H3,(H,18,20). The summed E-state index contributed by atoms with van der Waals surface area (Å²) >= 11 is 0. The van der Waals surface area contributed by atoms with E-state index in [0.717, 1.165) is 19.5 Å². The highest BCUT2D eigenvalue weighted by Crippen LogP contribution is 2.26. The Labute approximate surface area is 127 Å². The summed E-state index contributed by atoms with van der Waals surface area (Å²) in [5.41, 5.74) is 1.23. The highest BCUT2D eigenvalue weighted by molar-refractivity contribution is 5.67. The number of nitrogens with zero attached hydrogens (tertiary/aromatic N) is 1. The van der Waals surface area contributed by atoms with Gasteiger partial charge >= 0.3 is 6.09 Å². The van der Waals surface area contributed by atoms with Crippen LogP contribution in [0.25, 0.3) is 0 Å². The number of nitrogens with one attached hydrogen (secondary N) is 1. The molecule has 1 aromatic rings. The predicted octanol–water partition coefficient (Wildman–Crippen LogP) is 3.43. The maximum atomic E-state index is 11.7. The molecule has 1 aromatic carbocycles. The van der Waals surface area contributed by atoms with E-state index >= 15 is 0 Å². The zero-order valence-corrected chi connectivity index (χ0v) is 13.0. The van der Waals surface area contributed by atoms with Crippen LogP contribution in [0, 0.1) is 5.92 Å². The van der Waals surface area contributed by atoms with Gasteiger partial charge in [-0.25, -0.2) is 4.79 Å². The number of benzene rings is 1. The molecule has 1 fully saturated rings. The lowest BCUT2D eigenvalue weighted by Gasteiger charge is -2.39. The van der Waals surface area contributed by atoms with Crippen LogP contribution in [0.4, 0.5) is 10.5 Å². The number of ether oxygens (including phenoxy) is 1. The van der Waals surface area contributed by atoms with Gasteiger partial charge in [-0.05, 0) is 37.8 Å². The quantitative estimate of drug-likeness (QED) is 0.903. The molecule has 2 rings (SSSR count). The van der Waals surface area contributed by atoms with Crippen molar-refractivity contribution >= 4 is 11.8 Å². The van der Waals surface area contributed by atoms with Crippen LogP contribution in [0.3, 0.4) is 0 Å². The SMILES string of the molecule is CCCC1CC(NC(=O)OCC)CN(c2ccccc2)C1. The van der Waals surface area contributed by atoms with Crippen molar-refractivity contribution in [3.8, 4) is 0 Å². The average molecular weight is 290 g/mol. The summed E-state index contributed by atoms with van der Waals surface area (Å²) in [5.74, 6) is 0.621. The molecule has 116 valence electrons. The summed E-state index contributed by atoms with van der Waals surface area (Å²) in [6.07, 6.45) is 3.12. The Morgan fingerprint density at radius 2 is 2.05 bits per heavy atom. The van der Waals surface area contributed by atoms with Gasteiger partial charge in [-0.3, -0.25) is 0 Å². The van der Waals surface area contributed by atoms with Crippen LogP contribution in [0.2, 0.25) is 0 Å². The largest absolute Gasteiger partial charge is 0.450 e. The van der Waals surface area contributed by atoms with E-state index in [4.69, 9.17) is 4.74 Å². The average Bonchev–Trinajstić information content (AvgIpc) is 2.48. The highest BCUT2D eigenvalue weighted by Gasteiger charge is 2.28. The van der Waals surface area contributed by atoms with E-state index in [1.54, 1.807) is 0 Å². The maximum absolute atomic E-state index is 11.7. The zero-order valence-electron chi connectivity index (χ0n) is 13.0. The topological polar surface area (TPSA) is 41.6 Å². The third-order valence-electron chi connectivity index (χ3n) is 3.95. The van der Waals surface area contributed by atoms with Crippen LogP contribution in [0.5, 0.6) is 0 Å². The molecule has 4 nitrogen and oxygen atoms in total. The van der Waals surface area contributed by atoms with Gasteiger partial charge in [-0.1, -0.05) is 31.5 Å². The van der Waals surface area contributed by atoms with Crippen LogP contribution < -0.4 is 10.2 Å².